The number of halogens is 5. The Morgan fingerprint density at radius 2 is 1.78 bits per heavy atom. The highest BCUT2D eigenvalue weighted by Crippen LogP contribution is 2.53. The molecule has 7 heteroatoms. The third-order valence-corrected chi connectivity index (χ3v) is 3.46. The highest BCUT2D eigenvalue weighted by molar-refractivity contribution is 6.52. The van der Waals surface area contributed by atoms with Crippen molar-refractivity contribution in [2.24, 2.45) is 5.92 Å². The molecule has 0 aliphatic heterocycles. The van der Waals surface area contributed by atoms with Crippen molar-refractivity contribution in [3.05, 3.63) is 29.8 Å². The van der Waals surface area contributed by atoms with Crippen molar-refractivity contribution in [3.8, 4) is 0 Å². The number of benzene rings is 1. The van der Waals surface area contributed by atoms with Crippen molar-refractivity contribution < 1.29 is 18.0 Å². The molecule has 0 saturated heterocycles. The first-order chi connectivity index (χ1) is 8.20. The monoisotopic (exact) mass is 297 g/mol. The van der Waals surface area contributed by atoms with Crippen LogP contribution in [-0.2, 0) is 11.0 Å². The normalized spacial score (nSPS) is 21.5. The van der Waals surface area contributed by atoms with E-state index in [0.717, 1.165) is 12.1 Å². The second-order valence-corrected chi connectivity index (χ2v) is 5.62. The number of alkyl halides is 5. The zero-order chi connectivity index (χ0) is 13.6. The van der Waals surface area contributed by atoms with Crippen LogP contribution in [0.2, 0.25) is 0 Å². The van der Waals surface area contributed by atoms with Gasteiger partial charge < -0.3 is 5.32 Å². The van der Waals surface area contributed by atoms with E-state index in [2.05, 4.69) is 5.32 Å². The highest BCUT2D eigenvalue weighted by Gasteiger charge is 2.56. The summed E-state index contributed by atoms with van der Waals surface area (Å²) in [5.41, 5.74) is -0.486. The quantitative estimate of drug-likeness (QED) is 0.826. The van der Waals surface area contributed by atoms with Crippen LogP contribution >= 0.6 is 23.2 Å². The molecule has 1 fully saturated rings. The van der Waals surface area contributed by atoms with Crippen molar-refractivity contribution in [2.45, 2.75) is 16.9 Å². The molecule has 1 aromatic rings. The van der Waals surface area contributed by atoms with Crippen molar-refractivity contribution in [3.63, 3.8) is 0 Å². The maximum absolute atomic E-state index is 12.3. The van der Waals surface area contributed by atoms with E-state index in [4.69, 9.17) is 23.2 Å². The molecule has 1 saturated carbocycles. The van der Waals surface area contributed by atoms with E-state index < -0.39 is 22.0 Å². The number of nitrogens with one attached hydrogen (secondary N) is 1. The fourth-order valence-corrected chi connectivity index (χ4v) is 1.98. The molecular formula is C11H8Cl2F3NO. The molecule has 98 valence electrons. The van der Waals surface area contributed by atoms with E-state index >= 15 is 0 Å². The molecule has 2 nitrogen and oxygen atoms in total. The van der Waals surface area contributed by atoms with Gasteiger partial charge in [0.05, 0.1) is 11.5 Å². The summed E-state index contributed by atoms with van der Waals surface area (Å²) in [5, 5.41) is 2.46. The molecule has 0 radical (unpaired) electrons. The standard InChI is InChI=1S/C11H8Cl2F3NO/c12-10(13)5-8(10)9(18)17-7-3-1-6(2-4-7)11(14,15)16/h1-4,8H,5H2,(H,17,18). The molecule has 18 heavy (non-hydrogen) atoms. The Morgan fingerprint density at radius 3 is 2.17 bits per heavy atom. The Bertz CT molecular complexity index is 470. The molecule has 2 rings (SSSR count). The number of hydrogen-bond donors (Lipinski definition) is 1. The summed E-state index contributed by atoms with van der Waals surface area (Å²) in [7, 11) is 0. The molecule has 1 N–H and O–H groups in total. The molecule has 1 amide bonds. The van der Waals surface area contributed by atoms with E-state index in [9.17, 15) is 18.0 Å². The van der Waals surface area contributed by atoms with Crippen LogP contribution in [0.15, 0.2) is 24.3 Å². The highest BCUT2D eigenvalue weighted by atomic mass is 35.5. The smallest absolute Gasteiger partial charge is 0.326 e. The number of rotatable bonds is 2. The average molecular weight is 298 g/mol. The SMILES string of the molecule is O=C(Nc1ccc(C(F)(F)F)cc1)C1CC1(Cl)Cl. The molecule has 1 aliphatic rings. The van der Waals surface area contributed by atoms with Gasteiger partial charge in [-0.1, -0.05) is 0 Å². The molecular weight excluding hydrogens is 290 g/mol. The lowest BCUT2D eigenvalue weighted by Crippen LogP contribution is -2.17. The number of carbonyl (C=O) groups excluding carboxylic acids is 1. The van der Waals surface area contributed by atoms with E-state index in [0.29, 0.717) is 6.42 Å². The summed E-state index contributed by atoms with van der Waals surface area (Å²) in [6.07, 6.45) is -4.04. The van der Waals surface area contributed by atoms with Crippen molar-refractivity contribution >= 4 is 34.8 Å². The van der Waals surface area contributed by atoms with Gasteiger partial charge in [-0.2, -0.15) is 13.2 Å². The molecule has 0 spiro atoms. The topological polar surface area (TPSA) is 29.1 Å². The van der Waals surface area contributed by atoms with Gasteiger partial charge in [-0.05, 0) is 30.7 Å². The van der Waals surface area contributed by atoms with Crippen LogP contribution in [0, 0.1) is 5.92 Å². The van der Waals surface area contributed by atoms with Crippen molar-refractivity contribution in [1.29, 1.82) is 0 Å². The fraction of sp³-hybridized carbons (Fsp3) is 0.364. The molecule has 1 aliphatic carbocycles. The molecule has 1 atom stereocenters. The van der Waals surface area contributed by atoms with Gasteiger partial charge in [0.15, 0.2) is 0 Å². The van der Waals surface area contributed by atoms with Crippen LogP contribution in [-0.4, -0.2) is 10.2 Å². The Labute approximate surface area is 111 Å². The maximum Gasteiger partial charge on any atom is 0.416 e. The number of amides is 1. The molecule has 0 aromatic heterocycles. The van der Waals surface area contributed by atoms with Gasteiger partial charge in [-0.25, -0.2) is 0 Å². The Balaban J connectivity index is 2.01. The molecule has 0 bridgehead atoms. The predicted molar refractivity (Wildman–Crippen MR) is 62.6 cm³/mol. The van der Waals surface area contributed by atoms with E-state index in [1.165, 1.54) is 12.1 Å². The van der Waals surface area contributed by atoms with Crippen molar-refractivity contribution in [1.82, 2.24) is 0 Å². The lowest BCUT2D eigenvalue weighted by atomic mass is 10.2. The van der Waals surface area contributed by atoms with Crippen LogP contribution < -0.4 is 5.32 Å². The lowest BCUT2D eigenvalue weighted by Gasteiger charge is -2.08. The predicted octanol–water partition coefficient (Wildman–Crippen LogP) is 3.84. The number of carbonyl (C=O) groups is 1. The van der Waals surface area contributed by atoms with Crippen LogP contribution in [0.3, 0.4) is 0 Å². The van der Waals surface area contributed by atoms with Crippen LogP contribution in [0.4, 0.5) is 18.9 Å². The van der Waals surface area contributed by atoms with Crippen LogP contribution in [0.25, 0.3) is 0 Å². The van der Waals surface area contributed by atoms with E-state index in [-0.39, 0.29) is 11.6 Å². The average Bonchev–Trinajstić information content (AvgIpc) is 2.87. The molecule has 1 aromatic carbocycles. The van der Waals surface area contributed by atoms with Gasteiger partial charge in [0.25, 0.3) is 0 Å². The van der Waals surface area contributed by atoms with E-state index in [1.54, 1.807) is 0 Å². The Hall–Kier alpha value is -0.940. The molecule has 1 unspecified atom stereocenters. The van der Waals surface area contributed by atoms with Gasteiger partial charge >= 0.3 is 6.18 Å². The van der Waals surface area contributed by atoms with Crippen molar-refractivity contribution in [2.75, 3.05) is 5.32 Å². The third-order valence-electron chi connectivity index (χ3n) is 2.62. The maximum atomic E-state index is 12.3. The first-order valence-electron chi connectivity index (χ1n) is 5.06. The van der Waals surface area contributed by atoms with Gasteiger partial charge in [0, 0.05) is 5.69 Å². The first kappa shape index (κ1) is 13.5. The second kappa shape index (κ2) is 4.31. The minimum atomic E-state index is -4.39. The fourth-order valence-electron chi connectivity index (χ4n) is 1.47. The molecule has 0 heterocycles. The zero-order valence-electron chi connectivity index (χ0n) is 8.89. The van der Waals surface area contributed by atoms with Gasteiger partial charge in [0.2, 0.25) is 5.91 Å². The van der Waals surface area contributed by atoms with Crippen LogP contribution in [0.1, 0.15) is 12.0 Å². The first-order valence-corrected chi connectivity index (χ1v) is 5.82. The summed E-state index contributed by atoms with van der Waals surface area (Å²) >= 11 is 11.4. The number of hydrogen-bond acceptors (Lipinski definition) is 1. The Kier molecular flexibility index (Phi) is 3.23. The summed E-state index contributed by atoms with van der Waals surface area (Å²) in [6.45, 7) is 0. The summed E-state index contributed by atoms with van der Waals surface area (Å²) in [6, 6.07) is 4.18. The summed E-state index contributed by atoms with van der Waals surface area (Å²) in [5.74, 6) is -0.900. The Morgan fingerprint density at radius 1 is 1.28 bits per heavy atom. The zero-order valence-corrected chi connectivity index (χ0v) is 10.4. The minimum absolute atomic E-state index is 0.282. The number of anilines is 1. The minimum Gasteiger partial charge on any atom is -0.326 e. The summed E-state index contributed by atoms with van der Waals surface area (Å²) in [4.78, 5) is 11.6. The van der Waals surface area contributed by atoms with E-state index in [1.807, 2.05) is 0 Å². The van der Waals surface area contributed by atoms with Crippen LogP contribution in [0.5, 0.6) is 0 Å². The second-order valence-electron chi connectivity index (χ2n) is 4.08. The van der Waals surface area contributed by atoms with Gasteiger partial charge in [0.1, 0.15) is 4.33 Å². The van der Waals surface area contributed by atoms with Gasteiger partial charge in [-0.15, -0.1) is 23.2 Å². The summed E-state index contributed by atoms with van der Waals surface area (Å²) < 4.78 is 35.9. The third kappa shape index (κ3) is 2.90. The van der Waals surface area contributed by atoms with Gasteiger partial charge in [-0.3, -0.25) is 4.79 Å². The lowest BCUT2D eigenvalue weighted by molar-refractivity contribution is -0.137. The largest absolute Gasteiger partial charge is 0.416 e.